The quantitative estimate of drug-likeness (QED) is 0.891. The Morgan fingerprint density at radius 1 is 1.25 bits per heavy atom. The van der Waals surface area contributed by atoms with Crippen molar-refractivity contribution in [1.82, 2.24) is 9.36 Å². The summed E-state index contributed by atoms with van der Waals surface area (Å²) in [6.45, 7) is 0.288. The van der Waals surface area contributed by atoms with Gasteiger partial charge in [-0.2, -0.15) is 22.5 Å². The monoisotopic (exact) mass is 302 g/mol. The minimum Gasteiger partial charge on any atom is -0.356 e. The molecule has 3 N–H and O–H groups in total. The second-order valence-electron chi connectivity index (χ2n) is 4.19. The summed E-state index contributed by atoms with van der Waals surface area (Å²) in [5.74, 6) is -1.12. The van der Waals surface area contributed by atoms with Crippen LogP contribution in [-0.2, 0) is 12.6 Å². The molecule has 0 amide bonds. The molecule has 0 fully saturated rings. The van der Waals surface area contributed by atoms with Crippen LogP contribution in [0.3, 0.4) is 0 Å². The van der Waals surface area contributed by atoms with Crippen molar-refractivity contribution in [2.45, 2.75) is 18.6 Å². The molecule has 1 aromatic heterocycles. The van der Waals surface area contributed by atoms with Gasteiger partial charge in [0.25, 0.3) is 0 Å². The highest BCUT2D eigenvalue weighted by molar-refractivity contribution is 7.09. The number of alkyl halides is 3. The van der Waals surface area contributed by atoms with Gasteiger partial charge < -0.3 is 11.1 Å². The van der Waals surface area contributed by atoms with E-state index >= 15 is 0 Å². The molecule has 0 aliphatic carbocycles. The molecule has 1 heterocycles. The van der Waals surface area contributed by atoms with Crippen LogP contribution in [0.25, 0.3) is 0 Å². The lowest BCUT2D eigenvalue weighted by atomic mass is 10.1. The molecule has 0 spiro atoms. The van der Waals surface area contributed by atoms with Crippen LogP contribution in [0.2, 0.25) is 0 Å². The molecule has 0 aliphatic rings. The van der Waals surface area contributed by atoms with E-state index in [1.165, 1.54) is 0 Å². The molecule has 8 heteroatoms. The summed E-state index contributed by atoms with van der Waals surface area (Å²) in [6.07, 6.45) is -3.91. The molecule has 0 saturated heterocycles. The van der Waals surface area contributed by atoms with Crippen LogP contribution in [0.1, 0.15) is 11.4 Å². The average molecular weight is 302 g/mol. The van der Waals surface area contributed by atoms with E-state index < -0.39 is 12.0 Å². The van der Waals surface area contributed by atoms with Crippen LogP contribution >= 0.6 is 11.5 Å². The van der Waals surface area contributed by atoms with Crippen molar-refractivity contribution < 1.29 is 13.2 Å². The van der Waals surface area contributed by atoms with Gasteiger partial charge in [-0.3, -0.25) is 0 Å². The Balaban J connectivity index is 2.01. The van der Waals surface area contributed by atoms with Gasteiger partial charge in [0.1, 0.15) is 0 Å². The molecule has 0 aliphatic heterocycles. The zero-order valence-electron chi connectivity index (χ0n) is 10.4. The van der Waals surface area contributed by atoms with Crippen molar-refractivity contribution in [3.63, 3.8) is 0 Å². The largest absolute Gasteiger partial charge is 0.452 e. The van der Waals surface area contributed by atoms with Crippen LogP contribution < -0.4 is 11.1 Å². The standard InChI is InChI=1S/C12H13F3N4S/c13-12(14,15)10-18-11(20-19-10)17-9(7-16)6-8-4-2-1-3-5-8/h1-5,9H,6-7,16H2,(H,17,18,19). The summed E-state index contributed by atoms with van der Waals surface area (Å²) in [5, 5.41) is 3.02. The second kappa shape index (κ2) is 6.19. The minimum absolute atomic E-state index is 0.128. The van der Waals surface area contributed by atoms with Gasteiger partial charge in [-0.05, 0) is 12.0 Å². The molecule has 4 nitrogen and oxygen atoms in total. The van der Waals surface area contributed by atoms with Crippen LogP contribution in [-0.4, -0.2) is 21.9 Å². The van der Waals surface area contributed by atoms with Crippen molar-refractivity contribution >= 4 is 16.7 Å². The number of rotatable bonds is 5. The molecule has 0 bridgehead atoms. The molecular weight excluding hydrogens is 289 g/mol. The fourth-order valence-corrected chi connectivity index (χ4v) is 2.33. The van der Waals surface area contributed by atoms with Crippen molar-refractivity contribution in [3.05, 3.63) is 41.7 Å². The Morgan fingerprint density at radius 3 is 2.50 bits per heavy atom. The summed E-state index contributed by atoms with van der Waals surface area (Å²) in [5.41, 5.74) is 6.68. The van der Waals surface area contributed by atoms with Gasteiger partial charge in [0.05, 0.1) is 0 Å². The molecule has 20 heavy (non-hydrogen) atoms. The smallest absolute Gasteiger partial charge is 0.356 e. The number of nitrogens with one attached hydrogen (secondary N) is 1. The first-order chi connectivity index (χ1) is 9.49. The van der Waals surface area contributed by atoms with Crippen LogP contribution in [0.15, 0.2) is 30.3 Å². The van der Waals surface area contributed by atoms with Gasteiger partial charge in [0.15, 0.2) is 0 Å². The predicted molar refractivity (Wildman–Crippen MR) is 71.5 cm³/mol. The number of aromatic nitrogens is 2. The zero-order chi connectivity index (χ0) is 14.6. The first-order valence-corrected chi connectivity index (χ1v) is 6.68. The van der Waals surface area contributed by atoms with E-state index in [1.54, 1.807) is 0 Å². The van der Waals surface area contributed by atoms with Crippen molar-refractivity contribution in [2.24, 2.45) is 5.73 Å². The van der Waals surface area contributed by atoms with E-state index in [0.717, 1.165) is 5.56 Å². The number of halogens is 3. The highest BCUT2D eigenvalue weighted by atomic mass is 32.1. The lowest BCUT2D eigenvalue weighted by Crippen LogP contribution is -2.31. The van der Waals surface area contributed by atoms with Crippen molar-refractivity contribution in [2.75, 3.05) is 11.9 Å². The van der Waals surface area contributed by atoms with Gasteiger partial charge in [-0.1, -0.05) is 30.3 Å². The Labute approximate surface area is 118 Å². The lowest BCUT2D eigenvalue weighted by molar-refractivity contribution is -0.144. The highest BCUT2D eigenvalue weighted by Crippen LogP contribution is 2.29. The molecule has 2 rings (SSSR count). The molecule has 0 radical (unpaired) electrons. The highest BCUT2D eigenvalue weighted by Gasteiger charge is 2.36. The molecular formula is C12H13F3N4S. The van der Waals surface area contributed by atoms with E-state index in [4.69, 9.17) is 5.73 Å². The maximum atomic E-state index is 12.4. The summed E-state index contributed by atoms with van der Waals surface area (Å²) in [7, 11) is 0. The van der Waals surface area contributed by atoms with Crippen LogP contribution in [0.4, 0.5) is 18.3 Å². The van der Waals surface area contributed by atoms with Gasteiger partial charge in [0.2, 0.25) is 11.0 Å². The van der Waals surface area contributed by atoms with Gasteiger partial charge in [-0.15, -0.1) is 0 Å². The SMILES string of the molecule is NCC(Cc1ccccc1)Nc1nc(C(F)(F)F)ns1. The van der Waals surface area contributed by atoms with Crippen LogP contribution in [0.5, 0.6) is 0 Å². The summed E-state index contributed by atoms with van der Waals surface area (Å²) >= 11 is 0.683. The number of nitrogens with two attached hydrogens (primary N) is 1. The summed E-state index contributed by atoms with van der Waals surface area (Å²) in [4.78, 5) is 3.43. The normalized spacial score (nSPS) is 13.2. The number of benzene rings is 1. The fraction of sp³-hybridized carbons (Fsp3) is 0.333. The van der Waals surface area contributed by atoms with Crippen molar-refractivity contribution in [1.29, 1.82) is 0 Å². The van der Waals surface area contributed by atoms with E-state index in [2.05, 4.69) is 14.7 Å². The number of nitrogens with zero attached hydrogens (tertiary/aromatic N) is 2. The number of anilines is 1. The maximum Gasteiger partial charge on any atom is 0.452 e. The lowest BCUT2D eigenvalue weighted by Gasteiger charge is -2.15. The number of hydrogen-bond acceptors (Lipinski definition) is 5. The van der Waals surface area contributed by atoms with Gasteiger partial charge in [0, 0.05) is 24.1 Å². The van der Waals surface area contributed by atoms with E-state index in [1.807, 2.05) is 30.3 Å². The first kappa shape index (κ1) is 14.7. The Morgan fingerprint density at radius 2 is 1.95 bits per heavy atom. The fourth-order valence-electron chi connectivity index (χ4n) is 1.66. The number of hydrogen-bond donors (Lipinski definition) is 2. The Hall–Kier alpha value is -1.67. The minimum atomic E-state index is -4.52. The summed E-state index contributed by atoms with van der Waals surface area (Å²) < 4.78 is 40.5. The third-order valence-corrected chi connectivity index (χ3v) is 3.26. The maximum absolute atomic E-state index is 12.4. The van der Waals surface area contributed by atoms with Crippen molar-refractivity contribution in [3.8, 4) is 0 Å². The first-order valence-electron chi connectivity index (χ1n) is 5.90. The van der Waals surface area contributed by atoms with E-state index in [-0.39, 0.29) is 17.7 Å². The molecule has 0 saturated carbocycles. The molecule has 1 atom stereocenters. The third kappa shape index (κ3) is 3.91. The van der Waals surface area contributed by atoms with Gasteiger partial charge >= 0.3 is 6.18 Å². The second-order valence-corrected chi connectivity index (χ2v) is 4.94. The Kier molecular flexibility index (Phi) is 4.56. The molecule has 2 aromatic rings. The van der Waals surface area contributed by atoms with E-state index in [0.29, 0.717) is 18.0 Å². The van der Waals surface area contributed by atoms with Crippen LogP contribution in [0, 0.1) is 0 Å². The zero-order valence-corrected chi connectivity index (χ0v) is 11.2. The molecule has 1 aromatic carbocycles. The topological polar surface area (TPSA) is 63.8 Å². The van der Waals surface area contributed by atoms with E-state index in [9.17, 15) is 13.2 Å². The Bertz CT molecular complexity index is 541. The predicted octanol–water partition coefficient (Wildman–Crippen LogP) is 2.54. The average Bonchev–Trinajstić information content (AvgIpc) is 2.87. The van der Waals surface area contributed by atoms with Gasteiger partial charge in [-0.25, -0.2) is 0 Å². The molecule has 108 valence electrons. The summed E-state index contributed by atoms with van der Waals surface area (Å²) in [6, 6.07) is 9.38. The third-order valence-electron chi connectivity index (χ3n) is 2.62. The molecule has 1 unspecified atom stereocenters.